The van der Waals surface area contributed by atoms with Crippen LogP contribution in [0, 0.1) is 0 Å². The summed E-state index contributed by atoms with van der Waals surface area (Å²) in [7, 11) is 1.22. The van der Waals surface area contributed by atoms with Gasteiger partial charge in [0.05, 0.1) is 12.7 Å². The maximum atomic E-state index is 12.6. The van der Waals surface area contributed by atoms with Crippen molar-refractivity contribution in [3.8, 4) is 0 Å². The molecular weight excluding hydrogens is 341 g/mol. The molecule has 1 aromatic carbocycles. The van der Waals surface area contributed by atoms with Gasteiger partial charge in [-0.1, -0.05) is 6.07 Å². The standard InChI is InChI=1S/C16H15F3N2O4/c1-25-13(23)9-2-3-10-7-21(12(22)11(10)6-9)15(4-5-15)14(24)20-8-16(17,18)19/h2-3,6H,4-5,7-8H2,1H3,(H,20,24). The molecule has 134 valence electrons. The van der Waals surface area contributed by atoms with Gasteiger partial charge in [0.2, 0.25) is 5.91 Å². The number of methoxy groups -OCH3 is 1. The lowest BCUT2D eigenvalue weighted by atomic mass is 10.1. The van der Waals surface area contributed by atoms with Gasteiger partial charge in [-0.3, -0.25) is 9.59 Å². The van der Waals surface area contributed by atoms with Gasteiger partial charge in [0.25, 0.3) is 5.91 Å². The van der Waals surface area contributed by atoms with Crippen molar-refractivity contribution in [2.75, 3.05) is 13.7 Å². The van der Waals surface area contributed by atoms with Crippen molar-refractivity contribution in [1.29, 1.82) is 0 Å². The summed E-state index contributed by atoms with van der Waals surface area (Å²) in [6.07, 6.45) is -3.90. The molecule has 0 spiro atoms. The van der Waals surface area contributed by atoms with Crippen molar-refractivity contribution < 1.29 is 32.3 Å². The average Bonchev–Trinajstić information content (AvgIpc) is 3.31. The predicted molar refractivity (Wildman–Crippen MR) is 78.7 cm³/mol. The summed E-state index contributed by atoms with van der Waals surface area (Å²) in [6.45, 7) is -1.32. The van der Waals surface area contributed by atoms with Crippen LogP contribution in [0.1, 0.15) is 39.1 Å². The second-order valence-electron chi connectivity index (χ2n) is 6.08. The molecule has 1 aliphatic carbocycles. The lowest BCUT2D eigenvalue weighted by Crippen LogP contribution is -2.51. The molecule has 1 saturated carbocycles. The summed E-state index contributed by atoms with van der Waals surface area (Å²) in [5, 5.41) is 1.86. The zero-order valence-electron chi connectivity index (χ0n) is 13.3. The van der Waals surface area contributed by atoms with E-state index in [0.717, 1.165) is 0 Å². The third kappa shape index (κ3) is 3.06. The molecule has 0 atom stereocenters. The number of alkyl halides is 3. The number of esters is 1. The predicted octanol–water partition coefficient (Wildman–Crippen LogP) is 1.64. The van der Waals surface area contributed by atoms with Crippen LogP contribution < -0.4 is 5.32 Å². The molecular formula is C16H15F3N2O4. The SMILES string of the molecule is COC(=O)c1ccc2c(c1)C(=O)N(C1(C(=O)NCC(F)(F)F)CC1)C2. The average molecular weight is 356 g/mol. The van der Waals surface area contributed by atoms with Crippen LogP contribution in [0.3, 0.4) is 0 Å². The van der Waals surface area contributed by atoms with Gasteiger partial charge in [-0.15, -0.1) is 0 Å². The summed E-state index contributed by atoms with van der Waals surface area (Å²) in [6, 6.07) is 4.47. The quantitative estimate of drug-likeness (QED) is 0.833. The van der Waals surface area contributed by atoms with Crippen LogP contribution in [-0.4, -0.2) is 48.1 Å². The maximum Gasteiger partial charge on any atom is 0.405 e. The highest BCUT2D eigenvalue weighted by Crippen LogP contribution is 2.46. The highest BCUT2D eigenvalue weighted by atomic mass is 19.4. The highest BCUT2D eigenvalue weighted by Gasteiger charge is 2.58. The Kier molecular flexibility index (Phi) is 3.97. The zero-order chi connectivity index (χ0) is 18.4. The molecule has 0 aromatic heterocycles. The van der Waals surface area contributed by atoms with E-state index in [0.29, 0.717) is 18.4 Å². The molecule has 9 heteroatoms. The number of nitrogens with one attached hydrogen (secondary N) is 1. The fourth-order valence-corrected chi connectivity index (χ4v) is 2.97. The molecule has 1 aliphatic heterocycles. The minimum atomic E-state index is -4.51. The van der Waals surface area contributed by atoms with Gasteiger partial charge < -0.3 is 15.0 Å². The first-order valence-electron chi connectivity index (χ1n) is 7.56. The number of carbonyl (C=O) groups is 3. The van der Waals surface area contributed by atoms with Crippen molar-refractivity contribution in [3.63, 3.8) is 0 Å². The molecule has 3 rings (SSSR count). The van der Waals surface area contributed by atoms with Gasteiger partial charge in [0, 0.05) is 12.1 Å². The van der Waals surface area contributed by atoms with E-state index in [-0.39, 0.29) is 17.7 Å². The summed E-state index contributed by atoms with van der Waals surface area (Å²) in [5.74, 6) is -1.88. The largest absolute Gasteiger partial charge is 0.465 e. The fourth-order valence-electron chi connectivity index (χ4n) is 2.97. The second-order valence-corrected chi connectivity index (χ2v) is 6.08. The number of halogens is 3. The Bertz CT molecular complexity index is 756. The van der Waals surface area contributed by atoms with E-state index in [1.807, 2.05) is 5.32 Å². The van der Waals surface area contributed by atoms with Crippen LogP contribution in [0.5, 0.6) is 0 Å². The Labute approximate surface area is 140 Å². The van der Waals surface area contributed by atoms with E-state index < -0.39 is 36.0 Å². The summed E-state index contributed by atoms with van der Waals surface area (Å²) < 4.78 is 41.5. The van der Waals surface area contributed by atoms with E-state index in [1.165, 1.54) is 24.1 Å². The van der Waals surface area contributed by atoms with Crippen LogP contribution in [0.2, 0.25) is 0 Å². The number of fused-ring (bicyclic) bond motifs is 1. The number of benzene rings is 1. The minimum Gasteiger partial charge on any atom is -0.465 e. The molecule has 0 unspecified atom stereocenters. The van der Waals surface area contributed by atoms with Crippen molar-refractivity contribution in [2.45, 2.75) is 31.1 Å². The Morgan fingerprint density at radius 1 is 1.32 bits per heavy atom. The van der Waals surface area contributed by atoms with Crippen LogP contribution in [0.4, 0.5) is 13.2 Å². The topological polar surface area (TPSA) is 75.7 Å². The lowest BCUT2D eigenvalue weighted by molar-refractivity contribution is -0.142. The Hall–Kier alpha value is -2.58. The molecule has 1 fully saturated rings. The van der Waals surface area contributed by atoms with Crippen molar-refractivity contribution in [1.82, 2.24) is 10.2 Å². The van der Waals surface area contributed by atoms with Crippen molar-refractivity contribution >= 4 is 17.8 Å². The number of carbonyl (C=O) groups excluding carboxylic acids is 3. The molecule has 2 amide bonds. The van der Waals surface area contributed by atoms with Gasteiger partial charge in [0.1, 0.15) is 12.1 Å². The Morgan fingerprint density at radius 2 is 2.00 bits per heavy atom. The number of nitrogens with zero attached hydrogens (tertiary/aromatic N) is 1. The second kappa shape index (κ2) is 5.75. The summed E-state index contributed by atoms with van der Waals surface area (Å²) in [5.41, 5.74) is -0.166. The molecule has 1 aromatic rings. The Balaban J connectivity index is 1.79. The summed E-state index contributed by atoms with van der Waals surface area (Å²) in [4.78, 5) is 37.7. The first kappa shape index (κ1) is 17.2. The van der Waals surface area contributed by atoms with Gasteiger partial charge in [-0.05, 0) is 30.5 Å². The first-order chi connectivity index (χ1) is 11.7. The summed E-state index contributed by atoms with van der Waals surface area (Å²) >= 11 is 0. The van der Waals surface area contributed by atoms with Gasteiger partial charge >= 0.3 is 12.1 Å². The van der Waals surface area contributed by atoms with Crippen molar-refractivity contribution in [3.05, 3.63) is 34.9 Å². The van der Waals surface area contributed by atoms with E-state index in [1.54, 1.807) is 6.07 Å². The van der Waals surface area contributed by atoms with E-state index in [2.05, 4.69) is 4.74 Å². The number of ether oxygens (including phenoxy) is 1. The first-order valence-corrected chi connectivity index (χ1v) is 7.56. The number of amides is 2. The lowest BCUT2D eigenvalue weighted by Gasteiger charge is -2.26. The normalized spacial score (nSPS) is 17.9. The number of hydrogen-bond donors (Lipinski definition) is 1. The molecule has 25 heavy (non-hydrogen) atoms. The molecule has 2 aliphatic rings. The van der Waals surface area contributed by atoms with E-state index in [9.17, 15) is 27.6 Å². The highest BCUT2D eigenvalue weighted by molar-refractivity contribution is 6.05. The monoisotopic (exact) mass is 356 g/mol. The third-order valence-corrected chi connectivity index (χ3v) is 4.45. The number of hydrogen-bond acceptors (Lipinski definition) is 4. The number of rotatable bonds is 4. The maximum absolute atomic E-state index is 12.6. The third-order valence-electron chi connectivity index (χ3n) is 4.45. The van der Waals surface area contributed by atoms with Crippen LogP contribution in [0.15, 0.2) is 18.2 Å². The van der Waals surface area contributed by atoms with Crippen LogP contribution in [-0.2, 0) is 16.1 Å². The molecule has 0 radical (unpaired) electrons. The zero-order valence-corrected chi connectivity index (χ0v) is 13.3. The molecule has 6 nitrogen and oxygen atoms in total. The van der Waals surface area contributed by atoms with E-state index >= 15 is 0 Å². The molecule has 1 heterocycles. The van der Waals surface area contributed by atoms with Crippen LogP contribution >= 0.6 is 0 Å². The van der Waals surface area contributed by atoms with Crippen molar-refractivity contribution in [2.24, 2.45) is 0 Å². The smallest absolute Gasteiger partial charge is 0.405 e. The van der Waals surface area contributed by atoms with Gasteiger partial charge in [0.15, 0.2) is 0 Å². The molecule has 0 bridgehead atoms. The molecule has 0 saturated heterocycles. The molecule has 1 N–H and O–H groups in total. The minimum absolute atomic E-state index is 0.120. The van der Waals surface area contributed by atoms with Crippen LogP contribution in [0.25, 0.3) is 0 Å². The van der Waals surface area contributed by atoms with Gasteiger partial charge in [-0.2, -0.15) is 13.2 Å². The fraction of sp³-hybridized carbons (Fsp3) is 0.438. The van der Waals surface area contributed by atoms with E-state index in [4.69, 9.17) is 0 Å². The van der Waals surface area contributed by atoms with Gasteiger partial charge in [-0.25, -0.2) is 4.79 Å². The Morgan fingerprint density at radius 3 is 2.56 bits per heavy atom.